The van der Waals surface area contributed by atoms with Gasteiger partial charge in [0.1, 0.15) is 0 Å². The number of nitrogens with one attached hydrogen (secondary N) is 2. The molecule has 0 aliphatic carbocycles. The molecule has 0 bridgehead atoms. The standard InChI is InChI=1S/C11H11BrN2O2/c1-2-7(12)6-3-4-8-9(5-6)14-11(16)10(15)13-8/h3-5,7H,2H2,1H3,(H,13,15)(H,14,16). The molecule has 0 saturated carbocycles. The number of halogens is 1. The maximum atomic E-state index is 11.2. The van der Waals surface area contributed by atoms with E-state index in [2.05, 4.69) is 32.8 Å². The summed E-state index contributed by atoms with van der Waals surface area (Å²) in [5.74, 6) is 0. The van der Waals surface area contributed by atoms with Crippen molar-refractivity contribution in [3.05, 3.63) is 44.5 Å². The van der Waals surface area contributed by atoms with Gasteiger partial charge in [-0.15, -0.1) is 0 Å². The van der Waals surface area contributed by atoms with Crippen molar-refractivity contribution in [2.75, 3.05) is 0 Å². The van der Waals surface area contributed by atoms with Gasteiger partial charge in [0.15, 0.2) is 0 Å². The Kier molecular flexibility index (Phi) is 2.96. The molecule has 1 unspecified atom stereocenters. The summed E-state index contributed by atoms with van der Waals surface area (Å²) in [4.78, 5) is 27.6. The molecule has 0 amide bonds. The van der Waals surface area contributed by atoms with Crippen LogP contribution < -0.4 is 11.1 Å². The molecule has 0 aliphatic heterocycles. The highest BCUT2D eigenvalue weighted by atomic mass is 79.9. The van der Waals surface area contributed by atoms with Crippen molar-refractivity contribution < 1.29 is 0 Å². The molecule has 0 fully saturated rings. The Labute approximate surface area is 99.8 Å². The molecule has 2 aromatic rings. The van der Waals surface area contributed by atoms with Gasteiger partial charge in [-0.25, -0.2) is 0 Å². The quantitative estimate of drug-likeness (QED) is 0.654. The zero-order valence-electron chi connectivity index (χ0n) is 8.71. The molecule has 1 atom stereocenters. The van der Waals surface area contributed by atoms with Crippen molar-refractivity contribution in [3.8, 4) is 0 Å². The minimum absolute atomic E-state index is 0.257. The first-order valence-electron chi connectivity index (χ1n) is 5.02. The van der Waals surface area contributed by atoms with E-state index < -0.39 is 11.1 Å². The maximum absolute atomic E-state index is 11.2. The summed E-state index contributed by atoms with van der Waals surface area (Å²) in [5.41, 5.74) is 1.14. The first-order valence-corrected chi connectivity index (χ1v) is 5.93. The van der Waals surface area contributed by atoms with Crippen molar-refractivity contribution in [2.24, 2.45) is 0 Å². The van der Waals surface area contributed by atoms with Crippen LogP contribution in [0.4, 0.5) is 0 Å². The van der Waals surface area contributed by atoms with Crippen LogP contribution in [0.15, 0.2) is 27.8 Å². The molecule has 0 spiro atoms. The number of hydrogen-bond acceptors (Lipinski definition) is 2. The minimum Gasteiger partial charge on any atom is -0.316 e. The molecule has 0 aliphatic rings. The molecule has 2 rings (SSSR count). The van der Waals surface area contributed by atoms with E-state index in [1.54, 1.807) is 6.07 Å². The van der Waals surface area contributed by atoms with Crippen molar-refractivity contribution in [1.29, 1.82) is 0 Å². The molecule has 1 aromatic heterocycles. The Morgan fingerprint density at radius 2 is 1.81 bits per heavy atom. The molecule has 1 aromatic carbocycles. The Bertz CT molecular complexity index is 630. The van der Waals surface area contributed by atoms with Gasteiger partial charge in [0.25, 0.3) is 0 Å². The molecular weight excluding hydrogens is 272 g/mol. The number of rotatable bonds is 2. The Morgan fingerprint density at radius 1 is 1.19 bits per heavy atom. The summed E-state index contributed by atoms with van der Waals surface area (Å²) in [5, 5.41) is 0. The van der Waals surface area contributed by atoms with Crippen LogP contribution in [0.2, 0.25) is 0 Å². The zero-order chi connectivity index (χ0) is 11.7. The van der Waals surface area contributed by atoms with E-state index in [4.69, 9.17) is 0 Å². The predicted octanol–water partition coefficient (Wildman–Crippen LogP) is 2.06. The Morgan fingerprint density at radius 3 is 2.44 bits per heavy atom. The second-order valence-corrected chi connectivity index (χ2v) is 4.69. The summed E-state index contributed by atoms with van der Waals surface area (Å²) >= 11 is 3.54. The predicted molar refractivity (Wildman–Crippen MR) is 67.1 cm³/mol. The lowest BCUT2D eigenvalue weighted by molar-refractivity contribution is 0.912. The summed E-state index contributed by atoms with van der Waals surface area (Å²) in [6, 6.07) is 5.60. The van der Waals surface area contributed by atoms with Gasteiger partial charge < -0.3 is 9.97 Å². The van der Waals surface area contributed by atoms with E-state index in [0.717, 1.165) is 12.0 Å². The van der Waals surface area contributed by atoms with Gasteiger partial charge in [-0.2, -0.15) is 0 Å². The second kappa shape index (κ2) is 4.25. The van der Waals surface area contributed by atoms with Crippen LogP contribution >= 0.6 is 15.9 Å². The summed E-state index contributed by atoms with van der Waals surface area (Å²) in [6.07, 6.45) is 0.957. The van der Waals surface area contributed by atoms with Crippen LogP contribution in [-0.2, 0) is 0 Å². The van der Waals surface area contributed by atoms with Crippen molar-refractivity contribution in [3.63, 3.8) is 0 Å². The fraction of sp³-hybridized carbons (Fsp3) is 0.273. The summed E-state index contributed by atoms with van der Waals surface area (Å²) in [7, 11) is 0. The first-order chi connectivity index (χ1) is 7.61. The Balaban J connectivity index is 2.67. The third-order valence-electron chi connectivity index (χ3n) is 2.47. The SMILES string of the molecule is CCC(Br)c1ccc2[nH]c(=O)c(=O)[nH]c2c1. The van der Waals surface area contributed by atoms with Crippen molar-refractivity contribution in [1.82, 2.24) is 9.97 Å². The molecule has 1 heterocycles. The molecule has 0 radical (unpaired) electrons. The number of aromatic nitrogens is 2. The zero-order valence-corrected chi connectivity index (χ0v) is 10.3. The lowest BCUT2D eigenvalue weighted by Crippen LogP contribution is -2.28. The summed E-state index contributed by atoms with van der Waals surface area (Å²) < 4.78 is 0. The highest BCUT2D eigenvalue weighted by molar-refractivity contribution is 9.09. The van der Waals surface area contributed by atoms with Gasteiger partial charge in [-0.3, -0.25) is 9.59 Å². The van der Waals surface area contributed by atoms with E-state index in [1.165, 1.54) is 0 Å². The maximum Gasteiger partial charge on any atom is 0.314 e. The number of H-pyrrole nitrogens is 2. The minimum atomic E-state index is -0.619. The van der Waals surface area contributed by atoms with E-state index in [-0.39, 0.29) is 4.83 Å². The van der Waals surface area contributed by atoms with Crippen LogP contribution in [-0.4, -0.2) is 9.97 Å². The second-order valence-electron chi connectivity index (χ2n) is 3.59. The molecule has 0 saturated heterocycles. The van der Waals surface area contributed by atoms with Crippen LogP contribution in [0, 0.1) is 0 Å². The number of benzene rings is 1. The van der Waals surface area contributed by atoms with Gasteiger partial charge in [-0.05, 0) is 24.1 Å². The fourth-order valence-corrected chi connectivity index (χ4v) is 1.85. The largest absolute Gasteiger partial charge is 0.316 e. The summed E-state index contributed by atoms with van der Waals surface area (Å²) in [6.45, 7) is 2.07. The number of fused-ring (bicyclic) bond motifs is 1. The third-order valence-corrected chi connectivity index (χ3v) is 3.64. The molecule has 4 nitrogen and oxygen atoms in total. The van der Waals surface area contributed by atoms with E-state index in [0.29, 0.717) is 11.0 Å². The highest BCUT2D eigenvalue weighted by Crippen LogP contribution is 2.27. The average molecular weight is 283 g/mol. The first kappa shape index (κ1) is 11.1. The van der Waals surface area contributed by atoms with Gasteiger partial charge in [0.2, 0.25) is 0 Å². The lowest BCUT2D eigenvalue weighted by Gasteiger charge is -2.07. The third kappa shape index (κ3) is 1.95. The number of hydrogen-bond donors (Lipinski definition) is 2. The fourth-order valence-electron chi connectivity index (χ4n) is 1.56. The van der Waals surface area contributed by atoms with Crippen molar-refractivity contribution in [2.45, 2.75) is 18.2 Å². The highest BCUT2D eigenvalue weighted by Gasteiger charge is 2.06. The van der Waals surface area contributed by atoms with Crippen LogP contribution in [0.25, 0.3) is 11.0 Å². The Hall–Kier alpha value is -1.36. The van der Waals surface area contributed by atoms with Crippen molar-refractivity contribution >= 4 is 27.0 Å². The smallest absolute Gasteiger partial charge is 0.314 e. The number of aromatic amines is 2. The van der Waals surface area contributed by atoms with Gasteiger partial charge in [0.05, 0.1) is 11.0 Å². The molecular formula is C11H11BrN2O2. The average Bonchev–Trinajstić information content (AvgIpc) is 2.29. The molecule has 84 valence electrons. The van der Waals surface area contributed by atoms with Crippen LogP contribution in [0.1, 0.15) is 23.7 Å². The van der Waals surface area contributed by atoms with Gasteiger partial charge in [-0.1, -0.05) is 28.9 Å². The molecule has 16 heavy (non-hydrogen) atoms. The van der Waals surface area contributed by atoms with Gasteiger partial charge >= 0.3 is 11.1 Å². The normalized spacial score (nSPS) is 12.9. The topological polar surface area (TPSA) is 65.7 Å². The van der Waals surface area contributed by atoms with E-state index >= 15 is 0 Å². The van der Waals surface area contributed by atoms with E-state index in [1.807, 2.05) is 12.1 Å². The van der Waals surface area contributed by atoms with E-state index in [9.17, 15) is 9.59 Å². The van der Waals surface area contributed by atoms with Gasteiger partial charge in [0, 0.05) is 4.83 Å². The molecule has 5 heteroatoms. The molecule has 2 N–H and O–H groups in total. The monoisotopic (exact) mass is 282 g/mol. The van der Waals surface area contributed by atoms with Crippen LogP contribution in [0.3, 0.4) is 0 Å². The lowest BCUT2D eigenvalue weighted by atomic mass is 10.1. The number of alkyl halides is 1. The van der Waals surface area contributed by atoms with Crippen LogP contribution in [0.5, 0.6) is 0 Å².